The minimum Gasteiger partial charge on any atom is -0.491 e. The number of aliphatic hydroxyl groups is 1. The van der Waals surface area contributed by atoms with Crippen molar-refractivity contribution in [3.63, 3.8) is 0 Å². The number of halogens is 1. The Hall–Kier alpha value is -2.44. The molecule has 1 aliphatic rings. The van der Waals surface area contributed by atoms with Crippen LogP contribution < -0.4 is 10.1 Å². The first kappa shape index (κ1) is 19.3. The number of nitrogens with one attached hydrogen (secondary N) is 1. The summed E-state index contributed by atoms with van der Waals surface area (Å²) in [6, 6.07) is 15.5. The van der Waals surface area contributed by atoms with Crippen molar-refractivity contribution in [3.8, 4) is 5.75 Å². The predicted octanol–water partition coefficient (Wildman–Crippen LogP) is 2.35. The van der Waals surface area contributed by atoms with Gasteiger partial charge in [-0.3, -0.25) is 9.69 Å². The summed E-state index contributed by atoms with van der Waals surface area (Å²) >= 11 is 0. The maximum absolute atomic E-state index is 12.9. The summed E-state index contributed by atoms with van der Waals surface area (Å²) in [5, 5.41) is 13.5. The lowest BCUT2D eigenvalue weighted by Crippen LogP contribution is -2.50. The largest absolute Gasteiger partial charge is 0.491 e. The van der Waals surface area contributed by atoms with Crippen LogP contribution in [0, 0.1) is 5.82 Å². The molecular weight excluding hydrogens is 347 g/mol. The summed E-state index contributed by atoms with van der Waals surface area (Å²) in [5.74, 6) is 0.376. The second-order valence-electron chi connectivity index (χ2n) is 7.01. The van der Waals surface area contributed by atoms with E-state index in [1.54, 1.807) is 12.1 Å². The van der Waals surface area contributed by atoms with Gasteiger partial charge < -0.3 is 15.2 Å². The first-order chi connectivity index (χ1) is 13.0. The van der Waals surface area contributed by atoms with Crippen LogP contribution in [0.1, 0.15) is 18.4 Å². The minimum atomic E-state index is -0.864. The molecule has 1 amide bonds. The molecule has 0 atom stereocenters. The molecule has 3 rings (SSSR count). The summed E-state index contributed by atoms with van der Waals surface area (Å²) in [7, 11) is 0. The lowest BCUT2D eigenvalue weighted by molar-refractivity contribution is -0.124. The molecule has 6 heteroatoms. The predicted molar refractivity (Wildman–Crippen MR) is 101 cm³/mol. The Morgan fingerprint density at radius 1 is 1.11 bits per heavy atom. The van der Waals surface area contributed by atoms with E-state index in [1.165, 1.54) is 12.1 Å². The zero-order valence-electron chi connectivity index (χ0n) is 15.2. The number of carbonyl (C=O) groups is 1. The summed E-state index contributed by atoms with van der Waals surface area (Å²) in [6.45, 7) is 2.19. The molecule has 2 aromatic rings. The third-order valence-electron chi connectivity index (χ3n) is 4.81. The monoisotopic (exact) mass is 372 g/mol. The number of ether oxygens (including phenoxy) is 1. The number of amides is 1. The minimum absolute atomic E-state index is 0.0784. The molecule has 0 unspecified atom stereocenters. The molecule has 0 aromatic heterocycles. The Kier molecular flexibility index (Phi) is 6.42. The van der Waals surface area contributed by atoms with Crippen molar-refractivity contribution in [2.75, 3.05) is 26.2 Å². The second-order valence-corrected chi connectivity index (χ2v) is 7.01. The van der Waals surface area contributed by atoms with Gasteiger partial charge in [0.05, 0.1) is 6.54 Å². The molecule has 0 saturated carbocycles. The van der Waals surface area contributed by atoms with Crippen LogP contribution in [0.15, 0.2) is 54.6 Å². The lowest BCUT2D eigenvalue weighted by atomic mass is 9.92. The number of hydrogen-bond acceptors (Lipinski definition) is 4. The summed E-state index contributed by atoms with van der Waals surface area (Å²) in [5.41, 5.74) is -0.00691. The Morgan fingerprint density at radius 2 is 1.78 bits per heavy atom. The van der Waals surface area contributed by atoms with E-state index >= 15 is 0 Å². The van der Waals surface area contributed by atoms with E-state index in [-0.39, 0.29) is 24.9 Å². The normalized spacial score (nSPS) is 16.7. The third kappa shape index (κ3) is 6.05. The Morgan fingerprint density at radius 3 is 2.44 bits per heavy atom. The van der Waals surface area contributed by atoms with Crippen LogP contribution in [0.3, 0.4) is 0 Å². The van der Waals surface area contributed by atoms with Crippen LogP contribution in [0.2, 0.25) is 0 Å². The van der Waals surface area contributed by atoms with Gasteiger partial charge in [-0.15, -0.1) is 0 Å². The van der Waals surface area contributed by atoms with Crippen LogP contribution >= 0.6 is 0 Å². The highest BCUT2D eigenvalue weighted by atomic mass is 19.1. The number of rotatable bonds is 7. The molecule has 0 bridgehead atoms. The quantitative estimate of drug-likeness (QED) is 0.783. The van der Waals surface area contributed by atoms with Gasteiger partial charge in [0.25, 0.3) is 0 Å². The molecule has 1 aliphatic heterocycles. The molecular formula is C21H25FN2O3. The molecule has 2 aromatic carbocycles. The van der Waals surface area contributed by atoms with Crippen LogP contribution in [0.4, 0.5) is 4.39 Å². The van der Waals surface area contributed by atoms with E-state index in [9.17, 15) is 14.3 Å². The Bertz CT molecular complexity index is 729. The molecule has 0 aliphatic carbocycles. The van der Waals surface area contributed by atoms with Gasteiger partial charge in [0.2, 0.25) is 5.91 Å². The number of benzene rings is 2. The van der Waals surface area contributed by atoms with Gasteiger partial charge in [-0.2, -0.15) is 0 Å². The summed E-state index contributed by atoms with van der Waals surface area (Å²) in [6.07, 6.45) is 1.12. The first-order valence-corrected chi connectivity index (χ1v) is 9.16. The van der Waals surface area contributed by atoms with Crippen molar-refractivity contribution in [3.05, 3.63) is 66.0 Å². The van der Waals surface area contributed by atoms with Crippen LogP contribution in [-0.2, 0) is 11.3 Å². The zero-order valence-corrected chi connectivity index (χ0v) is 15.2. The van der Waals surface area contributed by atoms with E-state index in [4.69, 9.17) is 4.74 Å². The molecule has 144 valence electrons. The van der Waals surface area contributed by atoms with Gasteiger partial charge in [0.1, 0.15) is 23.8 Å². The number of para-hydroxylation sites is 1. The van der Waals surface area contributed by atoms with Gasteiger partial charge in [0, 0.05) is 19.6 Å². The maximum atomic E-state index is 12.9. The van der Waals surface area contributed by atoms with Crippen molar-refractivity contribution in [1.82, 2.24) is 10.2 Å². The third-order valence-corrected chi connectivity index (χ3v) is 4.81. The van der Waals surface area contributed by atoms with Crippen LogP contribution in [0.5, 0.6) is 5.75 Å². The molecule has 2 N–H and O–H groups in total. The Labute approximate surface area is 158 Å². The highest BCUT2D eigenvalue weighted by Gasteiger charge is 2.33. The van der Waals surface area contributed by atoms with Crippen molar-refractivity contribution < 1.29 is 19.0 Å². The van der Waals surface area contributed by atoms with Crippen LogP contribution in [-0.4, -0.2) is 47.8 Å². The maximum Gasteiger partial charge on any atom is 0.234 e. The smallest absolute Gasteiger partial charge is 0.234 e. The molecule has 5 nitrogen and oxygen atoms in total. The summed E-state index contributed by atoms with van der Waals surface area (Å²) in [4.78, 5) is 14.1. The fourth-order valence-electron chi connectivity index (χ4n) is 3.07. The molecule has 0 spiro atoms. The van der Waals surface area contributed by atoms with E-state index < -0.39 is 5.60 Å². The van der Waals surface area contributed by atoms with E-state index in [1.807, 2.05) is 35.2 Å². The van der Waals surface area contributed by atoms with Gasteiger partial charge in [-0.25, -0.2) is 4.39 Å². The average molecular weight is 372 g/mol. The van der Waals surface area contributed by atoms with Crippen LogP contribution in [0.25, 0.3) is 0 Å². The van der Waals surface area contributed by atoms with Crippen molar-refractivity contribution in [1.29, 1.82) is 0 Å². The number of hydrogen-bond donors (Lipinski definition) is 2. The molecule has 27 heavy (non-hydrogen) atoms. The van der Waals surface area contributed by atoms with Gasteiger partial charge >= 0.3 is 0 Å². The van der Waals surface area contributed by atoms with Gasteiger partial charge in [-0.1, -0.05) is 30.3 Å². The van der Waals surface area contributed by atoms with Crippen molar-refractivity contribution in [2.24, 2.45) is 0 Å². The average Bonchev–Trinajstić information content (AvgIpc) is 2.69. The second kappa shape index (κ2) is 8.97. The fraction of sp³-hybridized carbons (Fsp3) is 0.381. The SMILES string of the molecule is O=C(CN1CCC(O)(COc2ccccc2)CC1)NCc1ccc(F)cc1. The van der Waals surface area contributed by atoms with Crippen molar-refractivity contribution >= 4 is 5.91 Å². The first-order valence-electron chi connectivity index (χ1n) is 9.16. The molecule has 0 radical (unpaired) electrons. The number of nitrogens with zero attached hydrogens (tertiary/aromatic N) is 1. The van der Waals surface area contributed by atoms with E-state index in [0.29, 0.717) is 32.5 Å². The molecule has 1 heterocycles. The summed E-state index contributed by atoms with van der Waals surface area (Å²) < 4.78 is 18.6. The topological polar surface area (TPSA) is 61.8 Å². The van der Waals surface area contributed by atoms with E-state index in [0.717, 1.165) is 11.3 Å². The molecule has 1 saturated heterocycles. The van der Waals surface area contributed by atoms with Crippen molar-refractivity contribution in [2.45, 2.75) is 25.0 Å². The van der Waals surface area contributed by atoms with Gasteiger partial charge in [-0.05, 0) is 42.7 Å². The lowest BCUT2D eigenvalue weighted by Gasteiger charge is -2.37. The van der Waals surface area contributed by atoms with E-state index in [2.05, 4.69) is 5.32 Å². The highest BCUT2D eigenvalue weighted by molar-refractivity contribution is 5.78. The zero-order chi connectivity index (χ0) is 19.1. The number of carbonyl (C=O) groups excluding carboxylic acids is 1. The Balaban J connectivity index is 1.38. The molecule has 1 fully saturated rings. The number of likely N-dealkylation sites (tertiary alicyclic amines) is 1. The highest BCUT2D eigenvalue weighted by Crippen LogP contribution is 2.23. The fourth-order valence-corrected chi connectivity index (χ4v) is 3.07. The standard InChI is InChI=1S/C21H25FN2O3/c22-18-8-6-17(7-9-18)14-23-20(25)15-24-12-10-21(26,11-13-24)16-27-19-4-2-1-3-5-19/h1-9,26H,10-16H2,(H,23,25). The number of piperidine rings is 1. The van der Waals surface area contributed by atoms with Gasteiger partial charge in [0.15, 0.2) is 0 Å².